The van der Waals surface area contributed by atoms with Gasteiger partial charge < -0.3 is 5.11 Å². The van der Waals surface area contributed by atoms with Crippen LogP contribution in [0.3, 0.4) is 0 Å². The van der Waals surface area contributed by atoms with E-state index in [1.54, 1.807) is 17.0 Å². The molecule has 0 bridgehead atoms. The van der Waals surface area contributed by atoms with Gasteiger partial charge in [0.05, 0.1) is 0 Å². The lowest BCUT2D eigenvalue weighted by atomic mass is 9.93. The van der Waals surface area contributed by atoms with Crippen LogP contribution in [0.15, 0.2) is 24.3 Å². The molecular formula is C13H14F3NO2S. The minimum absolute atomic E-state index is 0.107. The topological polar surface area (TPSA) is 40.5 Å². The van der Waals surface area contributed by atoms with Crippen LogP contribution in [0.25, 0.3) is 0 Å². The molecule has 0 fully saturated rings. The molecule has 0 saturated carbocycles. The van der Waals surface area contributed by atoms with Crippen LogP contribution in [-0.4, -0.2) is 40.3 Å². The molecule has 0 radical (unpaired) electrons. The smallest absolute Gasteiger partial charge is 0.441 e. The molecule has 1 aromatic rings. The number of rotatable bonds is 4. The Morgan fingerprint density at radius 2 is 2.10 bits per heavy atom. The summed E-state index contributed by atoms with van der Waals surface area (Å²) in [7, 11) is 0. The standard InChI is InChI=1S/C13H14F3NO2S/c14-13(15,16)20-8-7-17-6-5-9-3-1-2-4-10(9)11(17)12(18)19/h1-4,11H,5-8H2,(H,18,19). The van der Waals surface area contributed by atoms with Crippen molar-refractivity contribution in [3.05, 3.63) is 35.4 Å². The number of halogens is 3. The van der Waals surface area contributed by atoms with E-state index < -0.39 is 17.5 Å². The van der Waals surface area contributed by atoms with Crippen molar-refractivity contribution < 1.29 is 23.1 Å². The highest BCUT2D eigenvalue weighted by Crippen LogP contribution is 2.33. The zero-order valence-electron chi connectivity index (χ0n) is 10.6. The van der Waals surface area contributed by atoms with Gasteiger partial charge in [0, 0.05) is 18.8 Å². The number of carboxylic acids is 1. The zero-order valence-corrected chi connectivity index (χ0v) is 11.4. The first-order valence-electron chi connectivity index (χ1n) is 6.14. The second kappa shape index (κ2) is 6.05. The predicted molar refractivity (Wildman–Crippen MR) is 70.6 cm³/mol. The van der Waals surface area contributed by atoms with Gasteiger partial charge in [-0.25, -0.2) is 0 Å². The lowest BCUT2D eigenvalue weighted by Crippen LogP contribution is -2.41. The van der Waals surface area contributed by atoms with Gasteiger partial charge in [0.15, 0.2) is 0 Å². The van der Waals surface area contributed by atoms with Crippen molar-refractivity contribution in [3.63, 3.8) is 0 Å². The molecule has 110 valence electrons. The van der Waals surface area contributed by atoms with Gasteiger partial charge in [-0.2, -0.15) is 13.2 Å². The third-order valence-corrected chi connectivity index (χ3v) is 3.98. The Morgan fingerprint density at radius 1 is 1.40 bits per heavy atom. The second-order valence-corrected chi connectivity index (χ2v) is 5.68. The summed E-state index contributed by atoms with van der Waals surface area (Å²) >= 11 is -0.112. The molecule has 1 unspecified atom stereocenters. The van der Waals surface area contributed by atoms with Crippen molar-refractivity contribution in [2.45, 2.75) is 18.0 Å². The molecule has 0 aromatic heterocycles. The maximum atomic E-state index is 12.1. The van der Waals surface area contributed by atoms with E-state index in [0.717, 1.165) is 5.56 Å². The van der Waals surface area contributed by atoms with Crippen LogP contribution in [0, 0.1) is 0 Å². The quantitative estimate of drug-likeness (QED) is 0.928. The molecule has 1 N–H and O–H groups in total. The van der Waals surface area contributed by atoms with Crippen LogP contribution in [-0.2, 0) is 11.2 Å². The largest absolute Gasteiger partial charge is 0.480 e. The number of carbonyl (C=O) groups is 1. The fraction of sp³-hybridized carbons (Fsp3) is 0.462. The van der Waals surface area contributed by atoms with E-state index in [0.29, 0.717) is 18.5 Å². The minimum Gasteiger partial charge on any atom is -0.480 e. The number of hydrogen-bond donors (Lipinski definition) is 1. The molecule has 1 aliphatic rings. The Morgan fingerprint density at radius 3 is 2.75 bits per heavy atom. The van der Waals surface area contributed by atoms with Crippen molar-refractivity contribution in [1.29, 1.82) is 0 Å². The van der Waals surface area contributed by atoms with Gasteiger partial charge in [0.25, 0.3) is 0 Å². The number of carboxylic acid groups (broad SMARTS) is 1. The van der Waals surface area contributed by atoms with Gasteiger partial charge in [-0.15, -0.1) is 0 Å². The Balaban J connectivity index is 2.09. The van der Waals surface area contributed by atoms with E-state index in [1.165, 1.54) is 0 Å². The number of aliphatic carboxylic acids is 1. The normalized spacial score (nSPS) is 19.6. The van der Waals surface area contributed by atoms with Crippen LogP contribution >= 0.6 is 11.8 Å². The Bertz CT molecular complexity index is 493. The summed E-state index contributed by atoms with van der Waals surface area (Å²) in [4.78, 5) is 13.0. The van der Waals surface area contributed by atoms with Gasteiger partial charge in [0.1, 0.15) is 6.04 Å². The lowest BCUT2D eigenvalue weighted by molar-refractivity contribution is -0.143. The average molecular weight is 305 g/mol. The van der Waals surface area contributed by atoms with Crippen molar-refractivity contribution in [1.82, 2.24) is 4.90 Å². The summed E-state index contributed by atoms with van der Waals surface area (Å²) in [5, 5.41) is 9.34. The Kier molecular flexibility index (Phi) is 4.59. The number of nitrogens with zero attached hydrogens (tertiary/aromatic N) is 1. The number of fused-ring (bicyclic) bond motifs is 1. The molecule has 1 atom stereocenters. The highest BCUT2D eigenvalue weighted by molar-refractivity contribution is 8.00. The molecule has 0 amide bonds. The summed E-state index contributed by atoms with van der Waals surface area (Å²) in [6.07, 6.45) is 0.663. The first kappa shape index (κ1) is 15.2. The molecule has 1 aromatic carbocycles. The van der Waals surface area contributed by atoms with Crippen LogP contribution < -0.4 is 0 Å². The van der Waals surface area contributed by atoms with Crippen molar-refractivity contribution in [3.8, 4) is 0 Å². The van der Waals surface area contributed by atoms with Crippen molar-refractivity contribution >= 4 is 17.7 Å². The number of benzene rings is 1. The van der Waals surface area contributed by atoms with E-state index >= 15 is 0 Å². The van der Waals surface area contributed by atoms with E-state index in [2.05, 4.69) is 0 Å². The average Bonchev–Trinajstić information content (AvgIpc) is 2.36. The van der Waals surface area contributed by atoms with Gasteiger partial charge in [-0.05, 0) is 29.3 Å². The summed E-state index contributed by atoms with van der Waals surface area (Å²) in [5.74, 6) is -1.18. The number of alkyl halides is 3. The van der Waals surface area contributed by atoms with Gasteiger partial charge in [0.2, 0.25) is 0 Å². The van der Waals surface area contributed by atoms with Crippen LogP contribution in [0.5, 0.6) is 0 Å². The van der Waals surface area contributed by atoms with Crippen LogP contribution in [0.4, 0.5) is 13.2 Å². The molecular weight excluding hydrogens is 291 g/mol. The first-order valence-corrected chi connectivity index (χ1v) is 7.12. The molecule has 1 aliphatic heterocycles. The van der Waals surface area contributed by atoms with E-state index in [4.69, 9.17) is 0 Å². The highest BCUT2D eigenvalue weighted by atomic mass is 32.2. The lowest BCUT2D eigenvalue weighted by Gasteiger charge is -2.34. The highest BCUT2D eigenvalue weighted by Gasteiger charge is 2.34. The summed E-state index contributed by atoms with van der Waals surface area (Å²) < 4.78 is 36.4. The molecule has 20 heavy (non-hydrogen) atoms. The summed E-state index contributed by atoms with van der Waals surface area (Å²) in [5.41, 5.74) is -2.63. The molecule has 0 spiro atoms. The molecule has 0 aliphatic carbocycles. The van der Waals surface area contributed by atoms with Gasteiger partial charge >= 0.3 is 11.5 Å². The predicted octanol–water partition coefficient (Wildman–Crippen LogP) is 2.92. The SMILES string of the molecule is O=C(O)C1c2ccccc2CCN1CCSC(F)(F)F. The van der Waals surface area contributed by atoms with Gasteiger partial charge in [-0.3, -0.25) is 9.69 Å². The molecule has 3 nitrogen and oxygen atoms in total. The maximum Gasteiger partial charge on any atom is 0.441 e. The summed E-state index contributed by atoms with van der Waals surface area (Å²) in [6.45, 7) is 0.571. The van der Waals surface area contributed by atoms with E-state index in [1.807, 2.05) is 12.1 Å². The monoisotopic (exact) mass is 305 g/mol. The van der Waals surface area contributed by atoms with Crippen LogP contribution in [0.2, 0.25) is 0 Å². The number of thioether (sulfide) groups is 1. The van der Waals surface area contributed by atoms with E-state index in [-0.39, 0.29) is 24.1 Å². The summed E-state index contributed by atoms with van der Waals surface area (Å²) in [6, 6.07) is 6.34. The molecule has 7 heteroatoms. The fourth-order valence-electron chi connectivity index (χ4n) is 2.43. The van der Waals surface area contributed by atoms with Gasteiger partial charge in [-0.1, -0.05) is 24.3 Å². The molecule has 2 rings (SSSR count). The number of hydrogen-bond acceptors (Lipinski definition) is 3. The van der Waals surface area contributed by atoms with Crippen molar-refractivity contribution in [2.24, 2.45) is 0 Å². The molecule has 1 heterocycles. The minimum atomic E-state index is -4.27. The Labute approximate surface area is 118 Å². The third-order valence-electron chi connectivity index (χ3n) is 3.26. The maximum absolute atomic E-state index is 12.1. The first-order chi connectivity index (χ1) is 9.38. The molecule has 0 saturated heterocycles. The zero-order chi connectivity index (χ0) is 14.8. The Hall–Kier alpha value is -1.21. The van der Waals surface area contributed by atoms with E-state index in [9.17, 15) is 23.1 Å². The fourth-order valence-corrected chi connectivity index (χ4v) is 2.98. The van der Waals surface area contributed by atoms with Crippen molar-refractivity contribution in [2.75, 3.05) is 18.8 Å². The third kappa shape index (κ3) is 3.67. The second-order valence-electron chi connectivity index (χ2n) is 4.52. The van der Waals surface area contributed by atoms with Crippen LogP contribution in [0.1, 0.15) is 17.2 Å².